The van der Waals surface area contributed by atoms with E-state index in [0.29, 0.717) is 18.2 Å². The van der Waals surface area contributed by atoms with Crippen molar-refractivity contribution < 1.29 is 9.90 Å². The molecule has 0 saturated carbocycles. The van der Waals surface area contributed by atoms with Gasteiger partial charge in [-0.2, -0.15) is 10.2 Å². The van der Waals surface area contributed by atoms with Crippen LogP contribution in [0.25, 0.3) is 11.4 Å². The summed E-state index contributed by atoms with van der Waals surface area (Å²) in [5.74, 6) is 1.34. The number of carboxylic acids is 1. The maximum absolute atomic E-state index is 11.2. The van der Waals surface area contributed by atoms with Crippen LogP contribution in [0.4, 0.5) is 0 Å². The fourth-order valence-corrected chi connectivity index (χ4v) is 3.06. The van der Waals surface area contributed by atoms with E-state index in [-0.39, 0.29) is 12.5 Å². The van der Waals surface area contributed by atoms with Gasteiger partial charge < -0.3 is 5.11 Å². The standard InChI is InChI=1S/C16H16N6O2/c23-14(24)9-22-16(12-6-7-13-17-10-18-21(13)8-12)19-15(20-22)11-4-2-1-3-5-11/h1-5,10,12H,6-9H2,(H,23,24). The van der Waals surface area contributed by atoms with Gasteiger partial charge in [-0.25, -0.2) is 19.3 Å². The van der Waals surface area contributed by atoms with Gasteiger partial charge in [-0.3, -0.25) is 4.79 Å². The molecule has 122 valence electrons. The van der Waals surface area contributed by atoms with E-state index in [1.54, 1.807) is 6.33 Å². The van der Waals surface area contributed by atoms with Gasteiger partial charge in [-0.15, -0.1) is 0 Å². The van der Waals surface area contributed by atoms with Crippen LogP contribution in [0, 0.1) is 0 Å². The van der Waals surface area contributed by atoms with Crippen LogP contribution >= 0.6 is 0 Å². The van der Waals surface area contributed by atoms with Crippen molar-refractivity contribution in [1.29, 1.82) is 0 Å². The normalized spacial score (nSPS) is 16.8. The molecule has 0 spiro atoms. The van der Waals surface area contributed by atoms with E-state index >= 15 is 0 Å². The van der Waals surface area contributed by atoms with Gasteiger partial charge >= 0.3 is 5.97 Å². The number of nitrogens with zero attached hydrogens (tertiary/aromatic N) is 6. The Labute approximate surface area is 137 Å². The van der Waals surface area contributed by atoms with E-state index in [1.807, 2.05) is 35.0 Å². The number of fused-ring (bicyclic) bond motifs is 1. The summed E-state index contributed by atoms with van der Waals surface area (Å²) in [6, 6.07) is 9.58. The molecule has 0 saturated heterocycles. The zero-order chi connectivity index (χ0) is 16.5. The van der Waals surface area contributed by atoms with Crippen LogP contribution in [0.5, 0.6) is 0 Å². The first-order valence-corrected chi connectivity index (χ1v) is 7.79. The van der Waals surface area contributed by atoms with Crippen molar-refractivity contribution in [3.63, 3.8) is 0 Å². The van der Waals surface area contributed by atoms with Gasteiger partial charge in [0.15, 0.2) is 5.82 Å². The van der Waals surface area contributed by atoms with Gasteiger partial charge in [0.25, 0.3) is 0 Å². The van der Waals surface area contributed by atoms with E-state index in [2.05, 4.69) is 20.2 Å². The minimum Gasteiger partial charge on any atom is -0.480 e. The molecule has 1 aliphatic heterocycles. The van der Waals surface area contributed by atoms with Gasteiger partial charge in [0, 0.05) is 17.9 Å². The fraction of sp³-hybridized carbons (Fsp3) is 0.312. The van der Waals surface area contributed by atoms with E-state index in [9.17, 15) is 9.90 Å². The van der Waals surface area contributed by atoms with E-state index < -0.39 is 5.97 Å². The summed E-state index contributed by atoms with van der Waals surface area (Å²) in [6.45, 7) is 0.442. The predicted octanol–water partition coefficient (Wildman–Crippen LogP) is 1.35. The average Bonchev–Trinajstić information content (AvgIpc) is 3.21. The number of benzene rings is 1. The molecular formula is C16H16N6O2. The van der Waals surface area contributed by atoms with E-state index in [1.165, 1.54) is 4.68 Å². The predicted molar refractivity (Wildman–Crippen MR) is 84.2 cm³/mol. The highest BCUT2D eigenvalue weighted by atomic mass is 16.4. The van der Waals surface area contributed by atoms with Crippen molar-refractivity contribution >= 4 is 5.97 Å². The molecule has 3 aromatic rings. The molecule has 24 heavy (non-hydrogen) atoms. The Morgan fingerprint density at radius 3 is 2.92 bits per heavy atom. The zero-order valence-corrected chi connectivity index (χ0v) is 12.9. The molecule has 0 radical (unpaired) electrons. The summed E-state index contributed by atoms with van der Waals surface area (Å²) in [7, 11) is 0. The molecule has 8 heteroatoms. The summed E-state index contributed by atoms with van der Waals surface area (Å²) >= 11 is 0. The lowest BCUT2D eigenvalue weighted by atomic mass is 9.99. The number of rotatable bonds is 4. The summed E-state index contributed by atoms with van der Waals surface area (Å²) < 4.78 is 3.35. The van der Waals surface area contributed by atoms with Crippen LogP contribution in [0.2, 0.25) is 0 Å². The number of aryl methyl sites for hydroxylation is 1. The van der Waals surface area contributed by atoms with Gasteiger partial charge in [0.05, 0.1) is 6.54 Å². The van der Waals surface area contributed by atoms with Crippen LogP contribution in [0.1, 0.15) is 24.0 Å². The molecule has 1 unspecified atom stereocenters. The SMILES string of the molecule is O=C(O)Cn1nc(-c2ccccc2)nc1C1CCc2ncnn2C1. The lowest BCUT2D eigenvalue weighted by molar-refractivity contribution is -0.137. The Hall–Kier alpha value is -3.03. The molecule has 1 atom stereocenters. The third kappa shape index (κ3) is 2.66. The van der Waals surface area contributed by atoms with Gasteiger partial charge in [-0.05, 0) is 6.42 Å². The summed E-state index contributed by atoms with van der Waals surface area (Å²) in [4.78, 5) is 20.1. The second-order valence-corrected chi connectivity index (χ2v) is 5.80. The van der Waals surface area contributed by atoms with Crippen LogP contribution in [-0.4, -0.2) is 40.6 Å². The fourth-order valence-electron chi connectivity index (χ4n) is 3.06. The first kappa shape index (κ1) is 14.6. The van der Waals surface area contributed by atoms with Crippen molar-refractivity contribution in [3.05, 3.63) is 48.3 Å². The minimum atomic E-state index is -0.932. The second-order valence-electron chi connectivity index (χ2n) is 5.80. The van der Waals surface area contributed by atoms with Crippen molar-refractivity contribution in [2.45, 2.75) is 31.8 Å². The summed E-state index contributed by atoms with van der Waals surface area (Å²) in [5.41, 5.74) is 0.875. The van der Waals surface area contributed by atoms with Gasteiger partial charge in [0.1, 0.15) is 24.5 Å². The van der Waals surface area contributed by atoms with Crippen molar-refractivity contribution in [1.82, 2.24) is 29.5 Å². The zero-order valence-electron chi connectivity index (χ0n) is 12.9. The van der Waals surface area contributed by atoms with Crippen molar-refractivity contribution in [2.75, 3.05) is 0 Å². The number of carboxylic acid groups (broad SMARTS) is 1. The monoisotopic (exact) mass is 324 g/mol. The molecule has 3 heterocycles. The molecule has 1 aromatic carbocycles. The Morgan fingerprint density at radius 2 is 2.12 bits per heavy atom. The lowest BCUT2D eigenvalue weighted by Gasteiger charge is -2.21. The molecular weight excluding hydrogens is 308 g/mol. The third-order valence-corrected chi connectivity index (χ3v) is 4.19. The van der Waals surface area contributed by atoms with Crippen LogP contribution in [0.3, 0.4) is 0 Å². The number of hydrogen-bond acceptors (Lipinski definition) is 5. The summed E-state index contributed by atoms with van der Waals surface area (Å²) in [5, 5.41) is 17.8. The highest BCUT2D eigenvalue weighted by molar-refractivity contribution is 5.66. The Morgan fingerprint density at radius 1 is 1.29 bits per heavy atom. The van der Waals surface area contributed by atoms with Crippen LogP contribution in [0.15, 0.2) is 36.7 Å². The van der Waals surface area contributed by atoms with E-state index in [0.717, 1.165) is 24.2 Å². The van der Waals surface area contributed by atoms with Crippen molar-refractivity contribution in [2.24, 2.45) is 0 Å². The second kappa shape index (κ2) is 5.88. The molecule has 1 aliphatic rings. The first-order valence-electron chi connectivity index (χ1n) is 7.79. The van der Waals surface area contributed by atoms with Crippen LogP contribution in [-0.2, 0) is 24.3 Å². The Kier molecular flexibility index (Phi) is 3.56. The first-order chi connectivity index (χ1) is 11.7. The smallest absolute Gasteiger partial charge is 0.325 e. The minimum absolute atomic E-state index is 0.0727. The van der Waals surface area contributed by atoms with Gasteiger partial charge in [0.2, 0.25) is 0 Å². The highest BCUT2D eigenvalue weighted by Gasteiger charge is 2.27. The molecule has 8 nitrogen and oxygen atoms in total. The topological polar surface area (TPSA) is 98.7 Å². The number of aliphatic carboxylic acids is 1. The molecule has 0 bridgehead atoms. The largest absolute Gasteiger partial charge is 0.480 e. The number of carbonyl (C=O) groups is 1. The van der Waals surface area contributed by atoms with Crippen LogP contribution < -0.4 is 0 Å². The maximum Gasteiger partial charge on any atom is 0.325 e. The third-order valence-electron chi connectivity index (χ3n) is 4.19. The molecule has 0 fully saturated rings. The summed E-state index contributed by atoms with van der Waals surface area (Å²) in [6.07, 6.45) is 3.20. The van der Waals surface area contributed by atoms with Gasteiger partial charge in [-0.1, -0.05) is 30.3 Å². The lowest BCUT2D eigenvalue weighted by Crippen LogP contribution is -2.24. The quantitative estimate of drug-likeness (QED) is 0.778. The highest BCUT2D eigenvalue weighted by Crippen LogP contribution is 2.28. The average molecular weight is 324 g/mol. The Bertz CT molecular complexity index is 870. The molecule has 0 amide bonds. The molecule has 2 aromatic heterocycles. The number of hydrogen-bond donors (Lipinski definition) is 1. The Balaban J connectivity index is 1.71. The molecule has 1 N–H and O–H groups in total. The maximum atomic E-state index is 11.2. The van der Waals surface area contributed by atoms with E-state index in [4.69, 9.17) is 0 Å². The molecule has 0 aliphatic carbocycles. The molecule has 4 rings (SSSR count). The number of aromatic nitrogens is 6. The van der Waals surface area contributed by atoms with Crippen molar-refractivity contribution in [3.8, 4) is 11.4 Å².